The first kappa shape index (κ1) is 15.6. The maximum absolute atomic E-state index is 5.49. The van der Waals surface area contributed by atoms with Crippen molar-refractivity contribution in [3.05, 3.63) is 30.3 Å². The Kier molecular flexibility index (Phi) is 6.67. The van der Waals surface area contributed by atoms with E-state index in [4.69, 9.17) is 12.2 Å². The van der Waals surface area contributed by atoms with E-state index >= 15 is 0 Å². The molecule has 1 aromatic rings. The van der Waals surface area contributed by atoms with Gasteiger partial charge in [0.05, 0.1) is 0 Å². The molecule has 0 saturated heterocycles. The third-order valence-corrected chi connectivity index (χ3v) is 5.28. The molecule has 0 amide bonds. The molecule has 2 rings (SSSR count). The van der Waals surface area contributed by atoms with E-state index < -0.39 is 0 Å². The standard InChI is InChI=1S/C16H24N2S2/c1-18(14-8-4-2-5-9-14)16(19)17-12-13-20-15-10-6-3-7-11-15/h3,6-7,10-11,14H,2,4-5,8-9,12-13H2,1H3,(H,17,19). The van der Waals surface area contributed by atoms with Gasteiger partial charge in [0, 0.05) is 30.3 Å². The summed E-state index contributed by atoms with van der Waals surface area (Å²) in [4.78, 5) is 3.59. The molecule has 0 unspecified atom stereocenters. The van der Waals surface area contributed by atoms with Gasteiger partial charge in [-0.1, -0.05) is 37.5 Å². The average molecular weight is 309 g/mol. The molecule has 0 atom stereocenters. The summed E-state index contributed by atoms with van der Waals surface area (Å²) < 4.78 is 0. The molecule has 0 spiro atoms. The lowest BCUT2D eigenvalue weighted by atomic mass is 9.95. The summed E-state index contributed by atoms with van der Waals surface area (Å²) in [5.41, 5.74) is 0. The summed E-state index contributed by atoms with van der Waals surface area (Å²) in [7, 11) is 2.13. The molecule has 1 aliphatic carbocycles. The summed E-state index contributed by atoms with van der Waals surface area (Å²) >= 11 is 7.36. The van der Waals surface area contributed by atoms with Crippen molar-refractivity contribution < 1.29 is 0 Å². The summed E-state index contributed by atoms with van der Waals surface area (Å²) in [5, 5.41) is 4.29. The Balaban J connectivity index is 1.64. The maximum Gasteiger partial charge on any atom is 0.168 e. The van der Waals surface area contributed by atoms with Gasteiger partial charge in [-0.05, 0) is 37.2 Å². The van der Waals surface area contributed by atoms with Gasteiger partial charge >= 0.3 is 0 Å². The predicted molar refractivity (Wildman–Crippen MR) is 92.4 cm³/mol. The monoisotopic (exact) mass is 308 g/mol. The molecule has 1 saturated carbocycles. The molecule has 1 aromatic carbocycles. The van der Waals surface area contributed by atoms with Gasteiger partial charge < -0.3 is 10.2 Å². The molecule has 0 aliphatic heterocycles. The molecule has 0 radical (unpaired) electrons. The van der Waals surface area contributed by atoms with Crippen molar-refractivity contribution in [1.82, 2.24) is 10.2 Å². The summed E-state index contributed by atoms with van der Waals surface area (Å²) in [6.45, 7) is 0.926. The molecule has 2 nitrogen and oxygen atoms in total. The van der Waals surface area contributed by atoms with Gasteiger partial charge in [-0.3, -0.25) is 0 Å². The van der Waals surface area contributed by atoms with Gasteiger partial charge in [0.15, 0.2) is 5.11 Å². The normalized spacial score (nSPS) is 15.8. The van der Waals surface area contributed by atoms with Crippen LogP contribution in [0.2, 0.25) is 0 Å². The summed E-state index contributed by atoms with van der Waals surface area (Å²) in [5.74, 6) is 1.04. The van der Waals surface area contributed by atoms with Gasteiger partial charge in [-0.15, -0.1) is 11.8 Å². The largest absolute Gasteiger partial charge is 0.362 e. The van der Waals surface area contributed by atoms with Crippen molar-refractivity contribution >= 4 is 29.1 Å². The number of thiocarbonyl (C=S) groups is 1. The minimum atomic E-state index is 0.644. The van der Waals surface area contributed by atoms with Crippen molar-refractivity contribution in [2.45, 2.75) is 43.0 Å². The maximum atomic E-state index is 5.49. The van der Waals surface area contributed by atoms with Gasteiger partial charge in [0.25, 0.3) is 0 Å². The molecular weight excluding hydrogens is 284 g/mol. The third kappa shape index (κ3) is 4.98. The number of benzene rings is 1. The molecule has 4 heteroatoms. The van der Waals surface area contributed by atoms with Crippen LogP contribution < -0.4 is 5.32 Å². The van der Waals surface area contributed by atoms with Gasteiger partial charge in [0.2, 0.25) is 0 Å². The average Bonchev–Trinajstić information content (AvgIpc) is 2.52. The fraction of sp³-hybridized carbons (Fsp3) is 0.562. The number of rotatable bonds is 5. The van der Waals surface area contributed by atoms with Crippen LogP contribution in [0.4, 0.5) is 0 Å². The van der Waals surface area contributed by atoms with Crippen molar-refractivity contribution in [3.8, 4) is 0 Å². The first-order valence-electron chi connectivity index (χ1n) is 7.46. The molecule has 1 fully saturated rings. The van der Waals surface area contributed by atoms with Gasteiger partial charge in [-0.2, -0.15) is 0 Å². The van der Waals surface area contributed by atoms with Gasteiger partial charge in [-0.25, -0.2) is 0 Å². The van der Waals surface area contributed by atoms with E-state index in [1.807, 2.05) is 11.8 Å². The second-order valence-electron chi connectivity index (χ2n) is 5.30. The highest BCUT2D eigenvalue weighted by atomic mass is 32.2. The summed E-state index contributed by atoms with van der Waals surface area (Å²) in [6, 6.07) is 11.2. The number of hydrogen-bond donors (Lipinski definition) is 1. The highest BCUT2D eigenvalue weighted by molar-refractivity contribution is 7.99. The predicted octanol–water partition coefficient (Wildman–Crippen LogP) is 3.92. The van der Waals surface area contributed by atoms with Crippen LogP contribution in [-0.4, -0.2) is 35.4 Å². The van der Waals surface area contributed by atoms with Crippen LogP contribution in [0.5, 0.6) is 0 Å². The molecule has 0 aromatic heterocycles. The molecule has 110 valence electrons. The lowest BCUT2D eigenvalue weighted by Gasteiger charge is -2.33. The Morgan fingerprint density at radius 3 is 2.65 bits per heavy atom. The summed E-state index contributed by atoms with van der Waals surface area (Å²) in [6.07, 6.45) is 6.66. The Labute approximate surface area is 132 Å². The fourth-order valence-electron chi connectivity index (χ4n) is 2.60. The van der Waals surface area contributed by atoms with Crippen LogP contribution in [0.3, 0.4) is 0 Å². The number of nitrogens with zero attached hydrogens (tertiary/aromatic N) is 1. The molecule has 0 bridgehead atoms. The van der Waals surface area contributed by atoms with E-state index in [1.54, 1.807) is 0 Å². The molecule has 1 N–H and O–H groups in total. The second-order valence-corrected chi connectivity index (χ2v) is 6.85. The first-order valence-corrected chi connectivity index (χ1v) is 8.85. The van der Waals surface area contributed by atoms with Crippen LogP contribution in [0, 0.1) is 0 Å². The minimum absolute atomic E-state index is 0.644. The van der Waals surface area contributed by atoms with Gasteiger partial charge in [0.1, 0.15) is 0 Å². The van der Waals surface area contributed by atoms with Crippen molar-refractivity contribution in [2.24, 2.45) is 0 Å². The zero-order chi connectivity index (χ0) is 14.2. The highest BCUT2D eigenvalue weighted by Crippen LogP contribution is 2.21. The van der Waals surface area contributed by atoms with Crippen molar-refractivity contribution in [3.63, 3.8) is 0 Å². The van der Waals surface area contributed by atoms with Crippen molar-refractivity contribution in [2.75, 3.05) is 19.3 Å². The molecule has 1 aliphatic rings. The number of hydrogen-bond acceptors (Lipinski definition) is 2. The Bertz CT molecular complexity index is 402. The molecular formula is C16H24N2S2. The number of thioether (sulfide) groups is 1. The van der Waals surface area contributed by atoms with E-state index in [1.165, 1.54) is 37.0 Å². The van der Waals surface area contributed by atoms with Crippen LogP contribution >= 0.6 is 24.0 Å². The lowest BCUT2D eigenvalue weighted by Crippen LogP contribution is -2.44. The minimum Gasteiger partial charge on any atom is -0.362 e. The molecule has 0 heterocycles. The van der Waals surface area contributed by atoms with E-state index in [2.05, 4.69) is 47.6 Å². The van der Waals surface area contributed by atoms with Crippen LogP contribution in [-0.2, 0) is 0 Å². The molecule has 20 heavy (non-hydrogen) atoms. The van der Waals surface area contributed by atoms with E-state index in [0.29, 0.717) is 6.04 Å². The quantitative estimate of drug-likeness (QED) is 0.503. The first-order chi connectivity index (χ1) is 9.77. The van der Waals surface area contributed by atoms with E-state index in [9.17, 15) is 0 Å². The van der Waals surface area contributed by atoms with Crippen molar-refractivity contribution in [1.29, 1.82) is 0 Å². The topological polar surface area (TPSA) is 15.3 Å². The Hall–Kier alpha value is -0.740. The van der Waals surface area contributed by atoms with E-state index in [0.717, 1.165) is 17.4 Å². The smallest absolute Gasteiger partial charge is 0.168 e. The second kappa shape index (κ2) is 8.53. The highest BCUT2D eigenvalue weighted by Gasteiger charge is 2.19. The SMILES string of the molecule is CN(C(=S)NCCSc1ccccc1)C1CCCCC1. The van der Waals surface area contributed by atoms with Crippen LogP contribution in [0.1, 0.15) is 32.1 Å². The zero-order valence-corrected chi connectivity index (χ0v) is 13.8. The fourth-order valence-corrected chi connectivity index (χ4v) is 3.64. The van der Waals surface area contributed by atoms with Crippen LogP contribution in [0.25, 0.3) is 0 Å². The van der Waals surface area contributed by atoms with E-state index in [-0.39, 0.29) is 0 Å². The Morgan fingerprint density at radius 1 is 1.25 bits per heavy atom. The third-order valence-electron chi connectivity index (χ3n) is 3.83. The Morgan fingerprint density at radius 2 is 1.95 bits per heavy atom. The number of nitrogens with one attached hydrogen (secondary N) is 1. The zero-order valence-electron chi connectivity index (χ0n) is 12.2. The lowest BCUT2D eigenvalue weighted by molar-refractivity contribution is 0.276. The van der Waals surface area contributed by atoms with Crippen LogP contribution in [0.15, 0.2) is 35.2 Å².